The molecule has 17 heavy (non-hydrogen) atoms. The predicted molar refractivity (Wildman–Crippen MR) is 65.2 cm³/mol. The van der Waals surface area contributed by atoms with Crippen LogP contribution in [0.5, 0.6) is 0 Å². The Balaban J connectivity index is 1.95. The van der Waals surface area contributed by atoms with Crippen LogP contribution in [0.1, 0.15) is 35.3 Å². The van der Waals surface area contributed by atoms with Crippen molar-refractivity contribution in [3.63, 3.8) is 0 Å². The summed E-state index contributed by atoms with van der Waals surface area (Å²) in [6.45, 7) is 6.32. The van der Waals surface area contributed by atoms with Gasteiger partial charge >= 0.3 is 0 Å². The van der Waals surface area contributed by atoms with Gasteiger partial charge in [-0.05, 0) is 29.2 Å². The van der Waals surface area contributed by atoms with Crippen LogP contribution in [-0.4, -0.2) is 12.5 Å². The zero-order valence-electron chi connectivity index (χ0n) is 10.2. The molecule has 1 aromatic carbocycles. The molecule has 0 atom stereocenters. The smallest absolute Gasteiger partial charge is 0.274 e. The van der Waals surface area contributed by atoms with Crippen LogP contribution in [0.2, 0.25) is 0 Å². The summed E-state index contributed by atoms with van der Waals surface area (Å²) in [7, 11) is 0. The zero-order valence-corrected chi connectivity index (χ0v) is 10.2. The Morgan fingerprint density at radius 1 is 1.41 bits per heavy atom. The van der Waals surface area contributed by atoms with Gasteiger partial charge in [0.25, 0.3) is 5.91 Å². The summed E-state index contributed by atoms with van der Waals surface area (Å²) < 4.78 is 0. The highest BCUT2D eigenvalue weighted by molar-refractivity contribution is 5.93. The molecule has 0 aliphatic carbocycles. The van der Waals surface area contributed by atoms with E-state index in [1.807, 2.05) is 32.0 Å². The second-order valence-corrected chi connectivity index (χ2v) is 4.72. The van der Waals surface area contributed by atoms with E-state index in [0.29, 0.717) is 18.1 Å². The van der Waals surface area contributed by atoms with Crippen molar-refractivity contribution in [2.24, 2.45) is 5.92 Å². The van der Waals surface area contributed by atoms with Gasteiger partial charge in [-0.2, -0.15) is 0 Å². The maximum absolute atomic E-state index is 11.8. The van der Waals surface area contributed by atoms with E-state index >= 15 is 0 Å². The van der Waals surface area contributed by atoms with Crippen LogP contribution in [0.25, 0.3) is 0 Å². The van der Waals surface area contributed by atoms with Crippen molar-refractivity contribution in [1.82, 2.24) is 10.8 Å². The van der Waals surface area contributed by atoms with Gasteiger partial charge in [0.05, 0.1) is 6.61 Å². The van der Waals surface area contributed by atoms with E-state index in [1.54, 1.807) is 0 Å². The van der Waals surface area contributed by atoms with Crippen LogP contribution < -0.4 is 10.8 Å². The van der Waals surface area contributed by atoms with Gasteiger partial charge in [0.2, 0.25) is 0 Å². The molecule has 0 saturated heterocycles. The monoisotopic (exact) mass is 234 g/mol. The summed E-state index contributed by atoms with van der Waals surface area (Å²) in [5.74, 6) is 0.222. The third-order valence-corrected chi connectivity index (χ3v) is 2.68. The fourth-order valence-corrected chi connectivity index (χ4v) is 1.77. The van der Waals surface area contributed by atoms with Crippen molar-refractivity contribution in [3.8, 4) is 0 Å². The number of amides is 1. The minimum absolute atomic E-state index is 0.180. The SMILES string of the molecule is CC(C)CONC(=O)c1ccc2c(c1)CNC2. The second kappa shape index (κ2) is 5.29. The average molecular weight is 234 g/mol. The van der Waals surface area contributed by atoms with E-state index in [0.717, 1.165) is 13.1 Å². The van der Waals surface area contributed by atoms with E-state index in [-0.39, 0.29) is 5.91 Å². The molecule has 2 N–H and O–H groups in total. The van der Waals surface area contributed by atoms with Crippen molar-refractivity contribution < 1.29 is 9.63 Å². The summed E-state index contributed by atoms with van der Waals surface area (Å²) in [5, 5.41) is 3.25. The normalized spacial score (nSPS) is 13.8. The third-order valence-electron chi connectivity index (χ3n) is 2.68. The minimum atomic E-state index is -0.180. The van der Waals surface area contributed by atoms with Gasteiger partial charge in [-0.15, -0.1) is 0 Å². The Kier molecular flexibility index (Phi) is 3.76. The summed E-state index contributed by atoms with van der Waals surface area (Å²) in [4.78, 5) is 16.9. The molecule has 0 radical (unpaired) electrons. The maximum atomic E-state index is 11.8. The van der Waals surface area contributed by atoms with Crippen LogP contribution >= 0.6 is 0 Å². The fourth-order valence-electron chi connectivity index (χ4n) is 1.77. The van der Waals surface area contributed by atoms with Gasteiger partial charge < -0.3 is 5.32 Å². The molecule has 0 unspecified atom stereocenters. The molecule has 1 amide bonds. The Morgan fingerprint density at radius 3 is 2.94 bits per heavy atom. The van der Waals surface area contributed by atoms with Crippen molar-refractivity contribution in [2.45, 2.75) is 26.9 Å². The van der Waals surface area contributed by atoms with Crippen LogP contribution in [0, 0.1) is 5.92 Å². The lowest BCUT2D eigenvalue weighted by Crippen LogP contribution is -2.25. The van der Waals surface area contributed by atoms with E-state index in [4.69, 9.17) is 4.84 Å². The number of nitrogens with one attached hydrogen (secondary N) is 2. The van der Waals surface area contributed by atoms with Crippen LogP contribution in [0.3, 0.4) is 0 Å². The fraction of sp³-hybridized carbons (Fsp3) is 0.462. The highest BCUT2D eigenvalue weighted by Gasteiger charge is 2.13. The van der Waals surface area contributed by atoms with Crippen LogP contribution in [0.15, 0.2) is 18.2 Å². The van der Waals surface area contributed by atoms with Gasteiger partial charge in [-0.3, -0.25) is 9.63 Å². The highest BCUT2D eigenvalue weighted by Crippen LogP contribution is 2.16. The van der Waals surface area contributed by atoms with Gasteiger partial charge in [-0.1, -0.05) is 19.9 Å². The molecule has 0 fully saturated rings. The van der Waals surface area contributed by atoms with E-state index in [1.165, 1.54) is 11.1 Å². The lowest BCUT2D eigenvalue weighted by molar-refractivity contribution is 0.0208. The van der Waals surface area contributed by atoms with Crippen molar-refractivity contribution >= 4 is 5.91 Å². The van der Waals surface area contributed by atoms with Crippen molar-refractivity contribution in [1.29, 1.82) is 0 Å². The van der Waals surface area contributed by atoms with Gasteiger partial charge in [0, 0.05) is 18.7 Å². The third kappa shape index (κ3) is 3.05. The van der Waals surface area contributed by atoms with Crippen molar-refractivity contribution in [3.05, 3.63) is 34.9 Å². The van der Waals surface area contributed by atoms with Crippen molar-refractivity contribution in [2.75, 3.05) is 6.61 Å². The molecule has 1 heterocycles. The van der Waals surface area contributed by atoms with Crippen LogP contribution in [-0.2, 0) is 17.9 Å². The Bertz CT molecular complexity index is 416. The number of rotatable bonds is 4. The summed E-state index contributed by atoms with van der Waals surface area (Å²) in [6, 6.07) is 5.75. The Labute approximate surface area is 101 Å². The van der Waals surface area contributed by atoms with Gasteiger partial charge in [-0.25, -0.2) is 5.48 Å². The molecule has 92 valence electrons. The first-order valence-electron chi connectivity index (χ1n) is 5.91. The van der Waals surface area contributed by atoms with Gasteiger partial charge in [0.1, 0.15) is 0 Å². The lowest BCUT2D eigenvalue weighted by Gasteiger charge is -2.08. The standard InChI is InChI=1S/C13H18N2O2/c1-9(2)8-17-15-13(16)10-3-4-11-6-14-7-12(11)5-10/h3-5,9,14H,6-8H2,1-2H3,(H,15,16). The first kappa shape index (κ1) is 12.1. The average Bonchev–Trinajstić information content (AvgIpc) is 2.75. The molecule has 1 aliphatic heterocycles. The molecule has 0 saturated carbocycles. The molecular weight excluding hydrogens is 216 g/mol. The quantitative estimate of drug-likeness (QED) is 0.778. The number of carbonyl (C=O) groups excluding carboxylic acids is 1. The Hall–Kier alpha value is -1.39. The van der Waals surface area contributed by atoms with E-state index in [9.17, 15) is 4.79 Å². The molecule has 0 bridgehead atoms. The number of benzene rings is 1. The predicted octanol–water partition coefficient (Wildman–Crippen LogP) is 1.61. The first-order chi connectivity index (χ1) is 8.16. The second-order valence-electron chi connectivity index (χ2n) is 4.72. The molecule has 0 spiro atoms. The molecule has 1 aliphatic rings. The molecular formula is C13H18N2O2. The molecule has 4 heteroatoms. The highest BCUT2D eigenvalue weighted by atomic mass is 16.6. The number of fused-ring (bicyclic) bond motifs is 1. The number of hydrogen-bond donors (Lipinski definition) is 2. The molecule has 0 aromatic heterocycles. The number of hydrogen-bond acceptors (Lipinski definition) is 3. The molecule has 1 aromatic rings. The summed E-state index contributed by atoms with van der Waals surface area (Å²) in [5.41, 5.74) is 5.58. The van der Waals surface area contributed by atoms with Gasteiger partial charge in [0.15, 0.2) is 0 Å². The summed E-state index contributed by atoms with van der Waals surface area (Å²) in [6.07, 6.45) is 0. The summed E-state index contributed by atoms with van der Waals surface area (Å²) >= 11 is 0. The Morgan fingerprint density at radius 2 is 2.18 bits per heavy atom. The van der Waals surface area contributed by atoms with E-state index in [2.05, 4.69) is 10.8 Å². The first-order valence-corrected chi connectivity index (χ1v) is 5.91. The largest absolute Gasteiger partial charge is 0.309 e. The molecule has 4 nitrogen and oxygen atoms in total. The maximum Gasteiger partial charge on any atom is 0.274 e. The topological polar surface area (TPSA) is 50.4 Å². The lowest BCUT2D eigenvalue weighted by atomic mass is 10.1. The number of hydroxylamine groups is 1. The molecule has 2 rings (SSSR count). The minimum Gasteiger partial charge on any atom is -0.309 e. The zero-order chi connectivity index (χ0) is 12.3. The van der Waals surface area contributed by atoms with Crippen LogP contribution in [0.4, 0.5) is 0 Å². The number of carbonyl (C=O) groups is 1. The van der Waals surface area contributed by atoms with E-state index < -0.39 is 0 Å².